The van der Waals surface area contributed by atoms with Gasteiger partial charge in [0.05, 0.1) is 24.8 Å². The number of halogens is 1. The van der Waals surface area contributed by atoms with Gasteiger partial charge in [-0.05, 0) is 53.9 Å². The van der Waals surface area contributed by atoms with Gasteiger partial charge < -0.3 is 19.7 Å². The van der Waals surface area contributed by atoms with Crippen LogP contribution in [0.1, 0.15) is 24.5 Å². The Hall–Kier alpha value is -4.35. The van der Waals surface area contributed by atoms with Crippen molar-refractivity contribution < 1.29 is 27.5 Å². The van der Waals surface area contributed by atoms with Gasteiger partial charge in [0.15, 0.2) is 0 Å². The summed E-state index contributed by atoms with van der Waals surface area (Å²) in [4.78, 5) is 29.9. The van der Waals surface area contributed by atoms with Crippen LogP contribution in [-0.2, 0) is 32.6 Å². The number of benzene rings is 4. The van der Waals surface area contributed by atoms with Gasteiger partial charge >= 0.3 is 0 Å². The molecular formula is C35H38BrN3O6S. The van der Waals surface area contributed by atoms with Crippen molar-refractivity contribution in [1.29, 1.82) is 0 Å². The number of methoxy groups -OCH3 is 2. The highest BCUT2D eigenvalue weighted by atomic mass is 79.9. The Balaban J connectivity index is 1.85. The first-order valence-electron chi connectivity index (χ1n) is 14.8. The number of hydrogen-bond donors (Lipinski definition) is 1. The van der Waals surface area contributed by atoms with Gasteiger partial charge in [0.1, 0.15) is 24.1 Å². The molecule has 1 atom stereocenters. The Kier molecular flexibility index (Phi) is 12.2. The number of carbonyl (C=O) groups excluding carboxylic acids is 2. The summed E-state index contributed by atoms with van der Waals surface area (Å²) in [7, 11) is -1.40. The molecule has 0 unspecified atom stereocenters. The average Bonchev–Trinajstić information content (AvgIpc) is 3.08. The number of carbonyl (C=O) groups is 2. The number of hydrogen-bond acceptors (Lipinski definition) is 6. The Morgan fingerprint density at radius 3 is 2.15 bits per heavy atom. The molecule has 0 aliphatic rings. The second-order valence-corrected chi connectivity index (χ2v) is 13.3. The van der Waals surface area contributed by atoms with Crippen LogP contribution in [0.5, 0.6) is 11.5 Å². The quantitative estimate of drug-likeness (QED) is 0.167. The summed E-state index contributed by atoms with van der Waals surface area (Å²) in [6.07, 6.45) is 0.937. The van der Waals surface area contributed by atoms with E-state index in [2.05, 4.69) is 21.2 Å². The number of sulfonamides is 1. The average molecular weight is 709 g/mol. The molecule has 0 saturated heterocycles. The van der Waals surface area contributed by atoms with Crippen LogP contribution < -0.4 is 19.1 Å². The van der Waals surface area contributed by atoms with Gasteiger partial charge in [-0.25, -0.2) is 8.42 Å². The second kappa shape index (κ2) is 16.3. The van der Waals surface area contributed by atoms with Gasteiger partial charge in [0, 0.05) is 30.0 Å². The van der Waals surface area contributed by atoms with Crippen LogP contribution in [0.15, 0.2) is 112 Å². The van der Waals surface area contributed by atoms with Crippen LogP contribution in [0.4, 0.5) is 5.69 Å². The lowest BCUT2D eigenvalue weighted by Crippen LogP contribution is -2.53. The van der Waals surface area contributed by atoms with E-state index in [1.165, 1.54) is 37.3 Å². The van der Waals surface area contributed by atoms with E-state index in [9.17, 15) is 18.0 Å². The SMILES string of the molecule is CCCNC(=O)[C@H](Cc1ccccc1)N(Cc1cccc(Br)c1)C(=O)CN(c1cc(OC)ccc1OC)S(=O)(=O)c1ccccc1. The van der Waals surface area contributed by atoms with Crippen LogP contribution in [0, 0.1) is 0 Å². The Bertz CT molecular complexity index is 1720. The fourth-order valence-electron chi connectivity index (χ4n) is 4.98. The molecule has 242 valence electrons. The monoisotopic (exact) mass is 707 g/mol. The molecule has 4 aromatic carbocycles. The Morgan fingerprint density at radius 1 is 0.848 bits per heavy atom. The Morgan fingerprint density at radius 2 is 1.52 bits per heavy atom. The molecule has 9 nitrogen and oxygen atoms in total. The second-order valence-electron chi connectivity index (χ2n) is 10.5. The Labute approximate surface area is 279 Å². The van der Waals surface area contributed by atoms with Gasteiger partial charge in [0.2, 0.25) is 11.8 Å². The molecule has 1 N–H and O–H groups in total. The maximum Gasteiger partial charge on any atom is 0.264 e. The molecule has 0 fully saturated rings. The minimum absolute atomic E-state index is 0.00672. The normalized spacial score (nSPS) is 11.7. The summed E-state index contributed by atoms with van der Waals surface area (Å²) in [6.45, 7) is 1.83. The van der Waals surface area contributed by atoms with Crippen molar-refractivity contribution in [2.75, 3.05) is 31.6 Å². The van der Waals surface area contributed by atoms with E-state index in [0.29, 0.717) is 18.7 Å². The van der Waals surface area contributed by atoms with E-state index in [1.54, 1.807) is 30.3 Å². The maximum absolute atomic E-state index is 14.6. The van der Waals surface area contributed by atoms with E-state index < -0.39 is 28.5 Å². The standard InChI is InChI=1S/C35H38BrN3O6S/c1-4-20-37-35(41)32(22-26-12-7-5-8-13-26)38(24-27-14-11-15-28(36)21-27)34(40)25-39(46(42,43)30-16-9-6-10-17-30)31-23-29(44-2)18-19-33(31)45-3/h5-19,21,23,32H,4,20,22,24-25H2,1-3H3,(H,37,41)/t32-/m0/s1. The summed E-state index contributed by atoms with van der Waals surface area (Å²) in [5, 5.41) is 2.95. The fourth-order valence-corrected chi connectivity index (χ4v) is 6.86. The predicted octanol–water partition coefficient (Wildman–Crippen LogP) is 5.83. The zero-order chi connectivity index (χ0) is 33.1. The summed E-state index contributed by atoms with van der Waals surface area (Å²) in [5.74, 6) is -0.293. The first-order chi connectivity index (χ1) is 22.2. The number of nitrogens with one attached hydrogen (secondary N) is 1. The lowest BCUT2D eigenvalue weighted by molar-refractivity contribution is -0.140. The van der Waals surface area contributed by atoms with E-state index in [0.717, 1.165) is 19.9 Å². The third kappa shape index (κ3) is 8.67. The molecule has 4 rings (SSSR count). The largest absolute Gasteiger partial charge is 0.497 e. The fraction of sp³-hybridized carbons (Fsp3) is 0.257. The number of anilines is 1. The summed E-state index contributed by atoms with van der Waals surface area (Å²) in [6, 6.07) is 28.6. The zero-order valence-corrected chi connectivity index (χ0v) is 28.5. The van der Waals surface area contributed by atoms with E-state index in [1.807, 2.05) is 61.5 Å². The van der Waals surface area contributed by atoms with E-state index >= 15 is 0 Å². The minimum Gasteiger partial charge on any atom is -0.497 e. The van der Waals surface area contributed by atoms with Crippen molar-refractivity contribution in [3.63, 3.8) is 0 Å². The molecular weight excluding hydrogens is 670 g/mol. The molecule has 0 spiro atoms. The van der Waals surface area contributed by atoms with Crippen molar-refractivity contribution in [3.8, 4) is 11.5 Å². The third-order valence-corrected chi connectivity index (χ3v) is 9.59. The molecule has 4 aromatic rings. The maximum atomic E-state index is 14.6. The lowest BCUT2D eigenvalue weighted by Gasteiger charge is -2.34. The van der Waals surface area contributed by atoms with E-state index in [-0.39, 0.29) is 35.2 Å². The van der Waals surface area contributed by atoms with Crippen molar-refractivity contribution in [2.24, 2.45) is 0 Å². The van der Waals surface area contributed by atoms with Crippen LogP contribution >= 0.6 is 15.9 Å². The van der Waals surface area contributed by atoms with Crippen LogP contribution in [0.3, 0.4) is 0 Å². The van der Waals surface area contributed by atoms with Gasteiger partial charge in [-0.15, -0.1) is 0 Å². The number of nitrogens with zero attached hydrogens (tertiary/aromatic N) is 2. The van der Waals surface area contributed by atoms with Crippen molar-refractivity contribution >= 4 is 43.5 Å². The molecule has 0 radical (unpaired) electrons. The van der Waals surface area contributed by atoms with Crippen LogP contribution in [-0.4, -0.2) is 58.5 Å². The van der Waals surface area contributed by atoms with Crippen molar-refractivity contribution in [1.82, 2.24) is 10.2 Å². The number of rotatable bonds is 15. The lowest BCUT2D eigenvalue weighted by atomic mass is 10.0. The molecule has 0 aliphatic carbocycles. The van der Waals surface area contributed by atoms with Gasteiger partial charge in [0.25, 0.3) is 10.0 Å². The highest BCUT2D eigenvalue weighted by Crippen LogP contribution is 2.36. The molecule has 0 aliphatic heterocycles. The number of amides is 2. The minimum atomic E-state index is -4.30. The smallest absolute Gasteiger partial charge is 0.264 e. The van der Waals surface area contributed by atoms with Gasteiger partial charge in [-0.3, -0.25) is 13.9 Å². The van der Waals surface area contributed by atoms with Gasteiger partial charge in [-0.2, -0.15) is 0 Å². The zero-order valence-electron chi connectivity index (χ0n) is 26.1. The predicted molar refractivity (Wildman–Crippen MR) is 182 cm³/mol. The molecule has 11 heteroatoms. The first-order valence-corrected chi connectivity index (χ1v) is 17.1. The number of ether oxygens (including phenoxy) is 2. The topological polar surface area (TPSA) is 105 Å². The van der Waals surface area contributed by atoms with Crippen LogP contribution in [0.25, 0.3) is 0 Å². The highest BCUT2D eigenvalue weighted by Gasteiger charge is 2.35. The highest BCUT2D eigenvalue weighted by molar-refractivity contribution is 9.10. The summed E-state index contributed by atoms with van der Waals surface area (Å²) in [5.41, 5.74) is 1.74. The summed E-state index contributed by atoms with van der Waals surface area (Å²) < 4.78 is 41.3. The van der Waals surface area contributed by atoms with Crippen LogP contribution in [0.2, 0.25) is 0 Å². The molecule has 2 amide bonds. The van der Waals surface area contributed by atoms with Crippen molar-refractivity contribution in [2.45, 2.75) is 37.2 Å². The molecule has 0 saturated carbocycles. The molecule has 0 bridgehead atoms. The van der Waals surface area contributed by atoms with Crippen molar-refractivity contribution in [3.05, 3.63) is 119 Å². The van der Waals surface area contributed by atoms with Gasteiger partial charge in [-0.1, -0.05) is 83.5 Å². The van der Waals surface area contributed by atoms with E-state index in [4.69, 9.17) is 9.47 Å². The molecule has 0 aromatic heterocycles. The first kappa shape index (κ1) is 34.5. The third-order valence-electron chi connectivity index (χ3n) is 7.33. The molecule has 46 heavy (non-hydrogen) atoms. The summed E-state index contributed by atoms with van der Waals surface area (Å²) >= 11 is 3.50. The molecule has 0 heterocycles.